The van der Waals surface area contributed by atoms with E-state index in [9.17, 15) is 8.42 Å². The van der Waals surface area contributed by atoms with Gasteiger partial charge in [0, 0.05) is 35.4 Å². The lowest BCUT2D eigenvalue weighted by atomic mass is 10.0. The van der Waals surface area contributed by atoms with Crippen molar-refractivity contribution in [3.63, 3.8) is 0 Å². The summed E-state index contributed by atoms with van der Waals surface area (Å²) in [5, 5.41) is 8.97. The fourth-order valence-electron chi connectivity index (χ4n) is 5.43. The topological polar surface area (TPSA) is 106 Å². The van der Waals surface area contributed by atoms with Gasteiger partial charge < -0.3 is 15.4 Å². The number of pyridine rings is 1. The van der Waals surface area contributed by atoms with Crippen LogP contribution in [0.3, 0.4) is 0 Å². The Hall–Kier alpha value is -4.05. The number of sulfone groups is 1. The van der Waals surface area contributed by atoms with Gasteiger partial charge in [0.05, 0.1) is 22.8 Å². The van der Waals surface area contributed by atoms with E-state index in [0.717, 1.165) is 47.8 Å². The average molecular weight is 614 g/mol. The predicted octanol–water partition coefficient (Wildman–Crippen LogP) is 6.72. The summed E-state index contributed by atoms with van der Waals surface area (Å²) in [4.78, 5) is 13.8. The fraction of sp³-hybridized carbons (Fsp3) is 0.242. The third-order valence-corrected chi connectivity index (χ3v) is 9.24. The highest BCUT2D eigenvalue weighted by Crippen LogP contribution is 2.38. The second-order valence-corrected chi connectivity index (χ2v) is 13.3. The zero-order chi connectivity index (χ0) is 29.8. The molecule has 10 heteroatoms. The summed E-state index contributed by atoms with van der Waals surface area (Å²) in [7, 11) is -3.47. The highest BCUT2D eigenvalue weighted by atomic mass is 35.5. The minimum absolute atomic E-state index is 0.0938. The Morgan fingerprint density at radius 2 is 1.86 bits per heavy atom. The van der Waals surface area contributed by atoms with Crippen LogP contribution in [-0.4, -0.2) is 42.5 Å². The molecule has 220 valence electrons. The molecule has 2 N–H and O–H groups in total. The average Bonchev–Trinajstić information content (AvgIpc) is 2.99. The molecule has 0 amide bonds. The van der Waals surface area contributed by atoms with Crippen molar-refractivity contribution in [2.45, 2.75) is 37.3 Å². The molecule has 43 heavy (non-hydrogen) atoms. The first-order valence-electron chi connectivity index (χ1n) is 14.2. The first kappa shape index (κ1) is 29.0. The Morgan fingerprint density at radius 3 is 2.70 bits per heavy atom. The minimum atomic E-state index is -3.47. The molecule has 0 aliphatic carbocycles. The van der Waals surface area contributed by atoms with E-state index in [1.54, 1.807) is 36.7 Å². The lowest BCUT2D eigenvalue weighted by molar-refractivity contribution is 0.466. The Bertz CT molecular complexity index is 1880. The SMILES string of the molecule is Cc1ccc2c(CS(=O)(=O)Cc3cccc(Cl)c3)cccc2c1Oc1ncccc1-c1ccnc(N[C@H]2CCCNC2)n1. The number of halogens is 1. The van der Waals surface area contributed by atoms with Crippen LogP contribution in [0, 0.1) is 6.92 Å². The lowest BCUT2D eigenvalue weighted by Crippen LogP contribution is -2.38. The van der Waals surface area contributed by atoms with E-state index in [-0.39, 0.29) is 17.5 Å². The summed E-state index contributed by atoms with van der Waals surface area (Å²) in [6.45, 7) is 3.87. The van der Waals surface area contributed by atoms with Gasteiger partial charge >= 0.3 is 0 Å². The van der Waals surface area contributed by atoms with Crippen molar-refractivity contribution < 1.29 is 13.2 Å². The Kier molecular flexibility index (Phi) is 8.56. The first-order chi connectivity index (χ1) is 20.8. The largest absolute Gasteiger partial charge is 0.437 e. The van der Waals surface area contributed by atoms with E-state index < -0.39 is 9.84 Å². The molecule has 1 saturated heterocycles. The molecule has 1 fully saturated rings. The summed E-state index contributed by atoms with van der Waals surface area (Å²) in [6, 6.07) is 22.4. The molecular weight excluding hydrogens is 582 g/mol. The molecule has 0 radical (unpaired) electrons. The molecule has 0 bridgehead atoms. The van der Waals surface area contributed by atoms with E-state index in [2.05, 4.69) is 20.6 Å². The van der Waals surface area contributed by atoms with Gasteiger partial charge in [0.2, 0.25) is 11.8 Å². The van der Waals surface area contributed by atoms with E-state index in [1.165, 1.54) is 0 Å². The van der Waals surface area contributed by atoms with Crippen LogP contribution in [0.2, 0.25) is 5.02 Å². The number of rotatable bonds is 9. The predicted molar refractivity (Wildman–Crippen MR) is 171 cm³/mol. The number of hydrogen-bond donors (Lipinski definition) is 2. The van der Waals surface area contributed by atoms with Crippen molar-refractivity contribution in [1.29, 1.82) is 0 Å². The zero-order valence-electron chi connectivity index (χ0n) is 23.8. The molecule has 5 aromatic rings. The second kappa shape index (κ2) is 12.7. The van der Waals surface area contributed by atoms with Gasteiger partial charge in [0.1, 0.15) is 5.75 Å². The number of anilines is 1. The van der Waals surface area contributed by atoms with Crippen LogP contribution in [0.5, 0.6) is 11.6 Å². The van der Waals surface area contributed by atoms with Gasteiger partial charge in [-0.1, -0.05) is 54.1 Å². The second-order valence-electron chi connectivity index (χ2n) is 10.8. The van der Waals surface area contributed by atoms with Gasteiger partial charge in [0.15, 0.2) is 9.84 Å². The van der Waals surface area contributed by atoms with Gasteiger partial charge in [-0.05, 0) is 78.7 Å². The summed E-state index contributed by atoms with van der Waals surface area (Å²) in [6.07, 6.45) is 5.59. The van der Waals surface area contributed by atoms with Crippen molar-refractivity contribution in [2.75, 3.05) is 18.4 Å². The number of piperidine rings is 1. The normalized spacial score (nSPS) is 15.3. The number of hydrogen-bond acceptors (Lipinski definition) is 8. The van der Waals surface area contributed by atoms with Crippen LogP contribution in [0.4, 0.5) is 5.95 Å². The standard InChI is InChI=1S/C33H32ClN5O3S/c1-22-12-13-27-24(21-43(40,41)20-23-6-2-8-25(34)18-23)7-3-10-28(27)31(22)42-32-29(11-5-16-36-32)30-14-17-37-33(39-30)38-26-9-4-15-35-19-26/h2-3,5-8,10-14,16-18,26,35H,4,9,15,19-21H2,1H3,(H,37,38,39)/t26-/m0/s1. The maximum atomic E-state index is 13.2. The van der Waals surface area contributed by atoms with Crippen molar-refractivity contribution >= 4 is 38.2 Å². The maximum absolute atomic E-state index is 13.2. The van der Waals surface area contributed by atoms with Crippen LogP contribution in [0.15, 0.2) is 85.2 Å². The van der Waals surface area contributed by atoms with Crippen LogP contribution in [-0.2, 0) is 21.3 Å². The van der Waals surface area contributed by atoms with Gasteiger partial charge in [-0.2, -0.15) is 0 Å². The molecule has 1 aliphatic rings. The molecule has 1 atom stereocenters. The molecule has 0 saturated carbocycles. The Labute approximate surface area is 256 Å². The molecule has 6 rings (SSSR count). The van der Waals surface area contributed by atoms with Gasteiger partial charge in [-0.25, -0.2) is 23.4 Å². The third-order valence-electron chi connectivity index (χ3n) is 7.48. The molecule has 3 aromatic carbocycles. The number of aromatic nitrogens is 3. The maximum Gasteiger partial charge on any atom is 0.228 e. The quantitative estimate of drug-likeness (QED) is 0.189. The van der Waals surface area contributed by atoms with Crippen molar-refractivity contribution in [2.24, 2.45) is 0 Å². The Morgan fingerprint density at radius 1 is 0.977 bits per heavy atom. The zero-order valence-corrected chi connectivity index (χ0v) is 25.3. The summed E-state index contributed by atoms with van der Waals surface area (Å²) < 4.78 is 33.0. The molecule has 0 spiro atoms. The number of nitrogens with one attached hydrogen (secondary N) is 2. The highest BCUT2D eigenvalue weighted by Gasteiger charge is 2.19. The molecular formula is C33H32ClN5O3S. The van der Waals surface area contributed by atoms with Crippen molar-refractivity contribution in [3.8, 4) is 22.9 Å². The fourth-order valence-corrected chi connectivity index (χ4v) is 7.16. The smallest absolute Gasteiger partial charge is 0.228 e. The van der Waals surface area contributed by atoms with Crippen LogP contribution >= 0.6 is 11.6 Å². The molecule has 3 heterocycles. The van der Waals surface area contributed by atoms with E-state index in [4.69, 9.17) is 21.3 Å². The van der Waals surface area contributed by atoms with Crippen LogP contribution in [0.1, 0.15) is 29.5 Å². The van der Waals surface area contributed by atoms with Crippen molar-refractivity contribution in [1.82, 2.24) is 20.3 Å². The summed E-state index contributed by atoms with van der Waals surface area (Å²) >= 11 is 6.08. The number of aryl methyl sites for hydroxylation is 1. The summed E-state index contributed by atoms with van der Waals surface area (Å²) in [5.41, 5.74) is 3.68. The monoisotopic (exact) mass is 613 g/mol. The number of fused-ring (bicyclic) bond motifs is 1. The summed E-state index contributed by atoms with van der Waals surface area (Å²) in [5.74, 6) is 1.38. The molecule has 0 unspecified atom stereocenters. The molecule has 2 aromatic heterocycles. The first-order valence-corrected chi connectivity index (χ1v) is 16.4. The lowest BCUT2D eigenvalue weighted by Gasteiger charge is -2.23. The van der Waals surface area contributed by atoms with Crippen LogP contribution in [0.25, 0.3) is 22.0 Å². The molecule has 8 nitrogen and oxygen atoms in total. The Balaban J connectivity index is 1.30. The number of ether oxygens (including phenoxy) is 1. The minimum Gasteiger partial charge on any atom is -0.437 e. The van der Waals surface area contributed by atoms with Gasteiger partial charge in [0.25, 0.3) is 0 Å². The highest BCUT2D eigenvalue weighted by molar-refractivity contribution is 7.89. The number of benzene rings is 3. The van der Waals surface area contributed by atoms with Crippen LogP contribution < -0.4 is 15.4 Å². The van der Waals surface area contributed by atoms with E-state index in [1.807, 2.05) is 55.5 Å². The van der Waals surface area contributed by atoms with Gasteiger partial charge in [-0.15, -0.1) is 0 Å². The van der Waals surface area contributed by atoms with Gasteiger partial charge in [-0.3, -0.25) is 0 Å². The van der Waals surface area contributed by atoms with Crippen molar-refractivity contribution in [3.05, 3.63) is 107 Å². The number of nitrogens with zero attached hydrogens (tertiary/aromatic N) is 3. The third kappa shape index (κ3) is 6.96. The van der Waals surface area contributed by atoms with E-state index in [0.29, 0.717) is 39.4 Å². The molecule has 1 aliphatic heterocycles. The van der Waals surface area contributed by atoms with E-state index >= 15 is 0 Å².